The molecule has 2 heterocycles. The van der Waals surface area contributed by atoms with Crippen LogP contribution in [-0.2, 0) is 6.54 Å². The third-order valence-electron chi connectivity index (χ3n) is 2.81. The van der Waals surface area contributed by atoms with Gasteiger partial charge in [0, 0.05) is 25.0 Å². The van der Waals surface area contributed by atoms with Crippen molar-refractivity contribution in [1.29, 1.82) is 0 Å². The molecule has 0 spiro atoms. The van der Waals surface area contributed by atoms with Crippen molar-refractivity contribution >= 4 is 11.7 Å². The predicted molar refractivity (Wildman–Crippen MR) is 73.9 cm³/mol. The Morgan fingerprint density at radius 1 is 1.26 bits per heavy atom. The molecule has 0 unspecified atom stereocenters. The van der Waals surface area contributed by atoms with Gasteiger partial charge in [0.05, 0.1) is 12.2 Å². The number of nitrogens with one attached hydrogen (secondary N) is 2. The molecule has 0 atom stereocenters. The first-order valence-electron chi connectivity index (χ1n) is 6.03. The summed E-state index contributed by atoms with van der Waals surface area (Å²) in [6.45, 7) is 2.39. The van der Waals surface area contributed by atoms with E-state index in [-0.39, 0.29) is 5.91 Å². The van der Waals surface area contributed by atoms with Crippen molar-refractivity contribution < 1.29 is 4.79 Å². The van der Waals surface area contributed by atoms with E-state index in [1.165, 1.54) is 0 Å². The van der Waals surface area contributed by atoms with Crippen molar-refractivity contribution in [2.24, 2.45) is 0 Å². The number of amides is 1. The second kappa shape index (κ2) is 5.95. The van der Waals surface area contributed by atoms with Crippen molar-refractivity contribution in [1.82, 2.24) is 15.3 Å². The number of aryl methyl sites for hydroxylation is 1. The molecule has 0 fully saturated rings. The lowest BCUT2D eigenvalue weighted by Crippen LogP contribution is -2.23. The van der Waals surface area contributed by atoms with Crippen molar-refractivity contribution in [3.63, 3.8) is 0 Å². The smallest absolute Gasteiger partial charge is 0.251 e. The minimum Gasteiger partial charge on any atom is -0.373 e. The molecule has 0 aliphatic carbocycles. The van der Waals surface area contributed by atoms with Gasteiger partial charge in [-0.3, -0.25) is 9.78 Å². The molecule has 0 saturated carbocycles. The van der Waals surface area contributed by atoms with Crippen LogP contribution >= 0.6 is 0 Å². The largest absolute Gasteiger partial charge is 0.373 e. The summed E-state index contributed by atoms with van der Waals surface area (Å²) in [6.07, 6.45) is 3.33. The molecule has 2 rings (SSSR count). The molecular formula is C14H16N4O. The Bertz CT molecular complexity index is 583. The number of aromatic nitrogens is 2. The zero-order chi connectivity index (χ0) is 13.7. The van der Waals surface area contributed by atoms with E-state index in [4.69, 9.17) is 0 Å². The normalized spacial score (nSPS) is 10.0. The van der Waals surface area contributed by atoms with Crippen LogP contribution in [0.3, 0.4) is 0 Å². The third kappa shape index (κ3) is 3.28. The highest BCUT2D eigenvalue weighted by Crippen LogP contribution is 2.07. The van der Waals surface area contributed by atoms with Gasteiger partial charge in [-0.1, -0.05) is 6.07 Å². The molecule has 0 bridgehead atoms. The van der Waals surface area contributed by atoms with Gasteiger partial charge in [0.1, 0.15) is 5.82 Å². The quantitative estimate of drug-likeness (QED) is 0.874. The average molecular weight is 256 g/mol. The summed E-state index contributed by atoms with van der Waals surface area (Å²) in [5.41, 5.74) is 2.51. The fourth-order valence-electron chi connectivity index (χ4n) is 1.68. The van der Waals surface area contributed by atoms with Gasteiger partial charge in [0.25, 0.3) is 5.91 Å². The van der Waals surface area contributed by atoms with E-state index < -0.39 is 0 Å². The van der Waals surface area contributed by atoms with Crippen LogP contribution in [0.5, 0.6) is 0 Å². The van der Waals surface area contributed by atoms with Crippen molar-refractivity contribution in [3.05, 3.63) is 53.5 Å². The van der Waals surface area contributed by atoms with Crippen LogP contribution < -0.4 is 10.6 Å². The Morgan fingerprint density at radius 3 is 2.84 bits per heavy atom. The second-order valence-corrected chi connectivity index (χ2v) is 4.13. The monoisotopic (exact) mass is 256 g/mol. The van der Waals surface area contributed by atoms with Gasteiger partial charge in [-0.05, 0) is 30.7 Å². The highest BCUT2D eigenvalue weighted by Gasteiger charge is 2.07. The van der Waals surface area contributed by atoms with Crippen LogP contribution in [-0.4, -0.2) is 22.9 Å². The molecule has 0 aliphatic rings. The first-order valence-corrected chi connectivity index (χ1v) is 6.03. The zero-order valence-corrected chi connectivity index (χ0v) is 11.0. The van der Waals surface area contributed by atoms with E-state index in [1.54, 1.807) is 31.6 Å². The number of pyridine rings is 2. The minimum absolute atomic E-state index is 0.135. The van der Waals surface area contributed by atoms with Gasteiger partial charge in [-0.15, -0.1) is 0 Å². The molecule has 5 nitrogen and oxygen atoms in total. The van der Waals surface area contributed by atoms with Crippen LogP contribution in [0.2, 0.25) is 0 Å². The summed E-state index contributed by atoms with van der Waals surface area (Å²) in [7, 11) is 1.77. The lowest BCUT2D eigenvalue weighted by Gasteiger charge is -2.07. The molecule has 98 valence electrons. The van der Waals surface area contributed by atoms with E-state index in [2.05, 4.69) is 20.6 Å². The van der Waals surface area contributed by atoms with E-state index in [0.29, 0.717) is 17.9 Å². The first kappa shape index (κ1) is 13.0. The maximum absolute atomic E-state index is 12.0. The van der Waals surface area contributed by atoms with Gasteiger partial charge in [-0.2, -0.15) is 0 Å². The summed E-state index contributed by atoms with van der Waals surface area (Å²) < 4.78 is 0. The fraction of sp³-hybridized carbons (Fsp3) is 0.214. The van der Waals surface area contributed by atoms with E-state index in [0.717, 1.165) is 11.3 Å². The summed E-state index contributed by atoms with van der Waals surface area (Å²) in [4.78, 5) is 20.3. The Kier molecular flexibility index (Phi) is 4.07. The Labute approximate surface area is 112 Å². The third-order valence-corrected chi connectivity index (χ3v) is 2.81. The number of anilines is 1. The highest BCUT2D eigenvalue weighted by atomic mass is 16.1. The van der Waals surface area contributed by atoms with Crippen LogP contribution in [0.15, 0.2) is 36.7 Å². The van der Waals surface area contributed by atoms with Crippen molar-refractivity contribution in [3.8, 4) is 0 Å². The van der Waals surface area contributed by atoms with Gasteiger partial charge in [-0.25, -0.2) is 4.98 Å². The van der Waals surface area contributed by atoms with Crippen LogP contribution in [0.1, 0.15) is 21.6 Å². The molecule has 2 aromatic heterocycles. The lowest BCUT2D eigenvalue weighted by atomic mass is 10.2. The molecule has 2 aromatic rings. The molecule has 2 N–H and O–H groups in total. The number of rotatable bonds is 4. The van der Waals surface area contributed by atoms with Crippen LogP contribution in [0, 0.1) is 6.92 Å². The average Bonchev–Trinajstić information content (AvgIpc) is 2.46. The predicted octanol–water partition coefficient (Wildman–Crippen LogP) is 1.76. The Hall–Kier alpha value is -2.43. The number of hydrogen-bond acceptors (Lipinski definition) is 4. The van der Waals surface area contributed by atoms with Gasteiger partial charge in [0.2, 0.25) is 0 Å². The summed E-state index contributed by atoms with van der Waals surface area (Å²) in [5.74, 6) is 0.533. The standard InChI is InChI=1S/C14H16N4O/c1-10-4-3-6-16-12(10)9-18-14(19)11-5-7-17-13(8-11)15-2/h3-8H,9H2,1-2H3,(H,15,17)(H,18,19). The maximum atomic E-state index is 12.0. The molecule has 5 heteroatoms. The van der Waals surface area contributed by atoms with Gasteiger partial charge >= 0.3 is 0 Å². The molecule has 19 heavy (non-hydrogen) atoms. The van der Waals surface area contributed by atoms with Crippen LogP contribution in [0.25, 0.3) is 0 Å². The molecule has 0 radical (unpaired) electrons. The second-order valence-electron chi connectivity index (χ2n) is 4.13. The van der Waals surface area contributed by atoms with E-state index in [9.17, 15) is 4.79 Å². The molecule has 0 saturated heterocycles. The van der Waals surface area contributed by atoms with Crippen molar-refractivity contribution in [2.75, 3.05) is 12.4 Å². The van der Waals surface area contributed by atoms with Gasteiger partial charge < -0.3 is 10.6 Å². The Morgan fingerprint density at radius 2 is 2.11 bits per heavy atom. The molecule has 1 amide bonds. The van der Waals surface area contributed by atoms with Crippen LogP contribution in [0.4, 0.5) is 5.82 Å². The summed E-state index contributed by atoms with van der Waals surface area (Å²) in [6, 6.07) is 7.24. The lowest BCUT2D eigenvalue weighted by molar-refractivity contribution is 0.0950. The zero-order valence-electron chi connectivity index (χ0n) is 11.0. The maximum Gasteiger partial charge on any atom is 0.251 e. The van der Waals surface area contributed by atoms with E-state index >= 15 is 0 Å². The number of carbonyl (C=O) groups is 1. The SMILES string of the molecule is CNc1cc(C(=O)NCc2ncccc2C)ccn1. The first-order chi connectivity index (χ1) is 9.20. The Balaban J connectivity index is 2.03. The van der Waals surface area contributed by atoms with Gasteiger partial charge in [0.15, 0.2) is 0 Å². The topological polar surface area (TPSA) is 66.9 Å². The highest BCUT2D eigenvalue weighted by molar-refractivity contribution is 5.94. The number of carbonyl (C=O) groups excluding carboxylic acids is 1. The summed E-state index contributed by atoms with van der Waals surface area (Å²) in [5, 5.41) is 5.75. The van der Waals surface area contributed by atoms with E-state index in [1.807, 2.05) is 19.1 Å². The minimum atomic E-state index is -0.135. The molecule has 0 aliphatic heterocycles. The molecular weight excluding hydrogens is 240 g/mol. The molecule has 0 aromatic carbocycles. The number of nitrogens with zero attached hydrogens (tertiary/aromatic N) is 2. The van der Waals surface area contributed by atoms with Crippen molar-refractivity contribution in [2.45, 2.75) is 13.5 Å². The number of hydrogen-bond donors (Lipinski definition) is 2. The fourth-order valence-corrected chi connectivity index (χ4v) is 1.68. The summed E-state index contributed by atoms with van der Waals surface area (Å²) >= 11 is 0.